The summed E-state index contributed by atoms with van der Waals surface area (Å²) in [7, 11) is 0. The molecule has 0 aliphatic rings. The Morgan fingerprint density at radius 1 is 0.900 bits per heavy atom. The van der Waals surface area contributed by atoms with Gasteiger partial charge in [-0.2, -0.15) is 0 Å². The molecule has 20 heavy (non-hydrogen) atoms. The van der Waals surface area contributed by atoms with Gasteiger partial charge in [0.2, 0.25) is 0 Å². The molecular formula is C17H10ClNS. The van der Waals surface area contributed by atoms with Crippen LogP contribution in [0.3, 0.4) is 0 Å². The Kier molecular flexibility index (Phi) is 2.72. The zero-order valence-electron chi connectivity index (χ0n) is 10.5. The summed E-state index contributed by atoms with van der Waals surface area (Å²) < 4.78 is 1.20. The van der Waals surface area contributed by atoms with E-state index in [9.17, 15) is 0 Å². The number of hydrogen-bond donors (Lipinski definition) is 0. The van der Waals surface area contributed by atoms with Gasteiger partial charge in [0.25, 0.3) is 0 Å². The maximum Gasteiger partial charge on any atom is 0.125 e. The maximum absolute atomic E-state index is 6.25. The van der Waals surface area contributed by atoms with Crippen molar-refractivity contribution in [3.05, 3.63) is 65.7 Å². The van der Waals surface area contributed by atoms with E-state index in [-0.39, 0.29) is 0 Å². The standard InChI is InChI=1S/C17H10ClNS/c18-12-9-11-5-1-2-6-13(11)14(10-12)17-19-15-7-3-4-8-16(15)20-17/h1-10H. The van der Waals surface area contributed by atoms with E-state index in [1.165, 1.54) is 10.1 Å². The number of thiazole rings is 1. The van der Waals surface area contributed by atoms with Crippen LogP contribution in [0, 0.1) is 0 Å². The zero-order chi connectivity index (χ0) is 13.5. The molecule has 3 heteroatoms. The van der Waals surface area contributed by atoms with Crippen molar-refractivity contribution >= 4 is 43.9 Å². The van der Waals surface area contributed by atoms with Crippen LogP contribution in [0.15, 0.2) is 60.7 Å². The average Bonchev–Trinajstić information content (AvgIpc) is 2.90. The van der Waals surface area contributed by atoms with Crippen molar-refractivity contribution in [2.24, 2.45) is 0 Å². The van der Waals surface area contributed by atoms with Crippen LogP contribution in [0.1, 0.15) is 0 Å². The van der Waals surface area contributed by atoms with E-state index >= 15 is 0 Å². The van der Waals surface area contributed by atoms with Crippen LogP contribution >= 0.6 is 22.9 Å². The third-order valence-electron chi connectivity index (χ3n) is 3.35. The molecule has 0 atom stereocenters. The van der Waals surface area contributed by atoms with E-state index in [1.807, 2.05) is 42.5 Å². The third kappa shape index (κ3) is 1.89. The molecule has 4 aromatic rings. The second-order valence-electron chi connectivity index (χ2n) is 4.66. The summed E-state index contributed by atoms with van der Waals surface area (Å²) >= 11 is 7.95. The van der Waals surface area contributed by atoms with Crippen LogP contribution in [-0.4, -0.2) is 4.98 Å². The Morgan fingerprint density at radius 3 is 2.60 bits per heavy atom. The van der Waals surface area contributed by atoms with Gasteiger partial charge in [0.1, 0.15) is 5.01 Å². The van der Waals surface area contributed by atoms with Gasteiger partial charge in [-0.3, -0.25) is 0 Å². The van der Waals surface area contributed by atoms with Gasteiger partial charge < -0.3 is 0 Å². The van der Waals surface area contributed by atoms with Crippen LogP contribution in [-0.2, 0) is 0 Å². The van der Waals surface area contributed by atoms with Crippen molar-refractivity contribution < 1.29 is 0 Å². The van der Waals surface area contributed by atoms with Crippen LogP contribution in [0.5, 0.6) is 0 Å². The van der Waals surface area contributed by atoms with E-state index < -0.39 is 0 Å². The highest BCUT2D eigenvalue weighted by molar-refractivity contribution is 7.21. The molecule has 0 N–H and O–H groups in total. The molecule has 96 valence electrons. The molecule has 0 spiro atoms. The number of benzene rings is 3. The van der Waals surface area contributed by atoms with Gasteiger partial charge in [0.15, 0.2) is 0 Å². The van der Waals surface area contributed by atoms with Crippen molar-refractivity contribution in [1.82, 2.24) is 4.98 Å². The molecule has 0 aliphatic heterocycles. The Bertz CT molecular complexity index is 893. The highest BCUT2D eigenvalue weighted by Gasteiger charge is 2.10. The minimum atomic E-state index is 0.748. The van der Waals surface area contributed by atoms with E-state index in [0.29, 0.717) is 0 Å². The van der Waals surface area contributed by atoms with E-state index in [2.05, 4.69) is 18.2 Å². The minimum Gasteiger partial charge on any atom is -0.236 e. The number of nitrogens with zero attached hydrogens (tertiary/aromatic N) is 1. The maximum atomic E-state index is 6.25. The molecular weight excluding hydrogens is 286 g/mol. The monoisotopic (exact) mass is 295 g/mol. The molecule has 0 fully saturated rings. The lowest BCUT2D eigenvalue weighted by molar-refractivity contribution is 1.49. The zero-order valence-corrected chi connectivity index (χ0v) is 12.1. The van der Waals surface area contributed by atoms with Gasteiger partial charge in [0, 0.05) is 10.6 Å². The topological polar surface area (TPSA) is 12.9 Å². The normalized spacial score (nSPS) is 11.2. The van der Waals surface area contributed by atoms with Crippen LogP contribution in [0.2, 0.25) is 5.02 Å². The Labute approximate surface area is 125 Å². The first kappa shape index (κ1) is 11.9. The molecule has 1 aromatic heterocycles. The Balaban J connectivity index is 2.06. The predicted octanol–water partition coefficient (Wildman–Crippen LogP) is 5.77. The summed E-state index contributed by atoms with van der Waals surface area (Å²) in [6.45, 7) is 0. The molecule has 0 aliphatic carbocycles. The fourth-order valence-electron chi connectivity index (χ4n) is 2.44. The first-order valence-corrected chi connectivity index (χ1v) is 7.55. The van der Waals surface area contributed by atoms with Crippen molar-refractivity contribution in [2.75, 3.05) is 0 Å². The van der Waals surface area contributed by atoms with Gasteiger partial charge in [-0.25, -0.2) is 4.98 Å². The highest BCUT2D eigenvalue weighted by atomic mass is 35.5. The first-order valence-electron chi connectivity index (χ1n) is 6.35. The summed E-state index contributed by atoms with van der Waals surface area (Å²) in [6.07, 6.45) is 0. The van der Waals surface area contributed by atoms with Crippen molar-refractivity contribution in [1.29, 1.82) is 0 Å². The van der Waals surface area contributed by atoms with E-state index in [4.69, 9.17) is 16.6 Å². The number of fused-ring (bicyclic) bond motifs is 2. The predicted molar refractivity (Wildman–Crippen MR) is 87.6 cm³/mol. The number of hydrogen-bond acceptors (Lipinski definition) is 2. The fraction of sp³-hybridized carbons (Fsp3) is 0. The van der Waals surface area contributed by atoms with Crippen molar-refractivity contribution in [2.45, 2.75) is 0 Å². The molecule has 0 saturated carbocycles. The molecule has 1 heterocycles. The van der Waals surface area contributed by atoms with Gasteiger partial charge in [0.05, 0.1) is 10.2 Å². The lowest BCUT2D eigenvalue weighted by Crippen LogP contribution is -1.81. The molecule has 0 amide bonds. The van der Waals surface area contributed by atoms with Crippen molar-refractivity contribution in [3.8, 4) is 10.6 Å². The average molecular weight is 296 g/mol. The van der Waals surface area contributed by atoms with Crippen LogP contribution < -0.4 is 0 Å². The quantitative estimate of drug-likeness (QED) is 0.434. The first-order chi connectivity index (χ1) is 9.81. The van der Waals surface area contributed by atoms with Gasteiger partial charge in [-0.1, -0.05) is 48.0 Å². The van der Waals surface area contributed by atoms with Gasteiger partial charge in [-0.05, 0) is 35.0 Å². The van der Waals surface area contributed by atoms with Gasteiger partial charge >= 0.3 is 0 Å². The second kappa shape index (κ2) is 4.58. The van der Waals surface area contributed by atoms with Crippen molar-refractivity contribution in [3.63, 3.8) is 0 Å². The lowest BCUT2D eigenvalue weighted by atomic mass is 10.1. The Morgan fingerprint density at radius 2 is 1.70 bits per heavy atom. The fourth-order valence-corrected chi connectivity index (χ4v) is 3.66. The lowest BCUT2D eigenvalue weighted by Gasteiger charge is -2.04. The molecule has 0 bridgehead atoms. The SMILES string of the molecule is Clc1cc(-c2nc3ccccc3s2)c2ccccc2c1. The summed E-state index contributed by atoms with van der Waals surface area (Å²) in [5.41, 5.74) is 2.14. The number of halogens is 1. The molecule has 0 saturated heterocycles. The molecule has 4 rings (SSSR count). The number of para-hydroxylation sites is 1. The molecule has 0 unspecified atom stereocenters. The summed E-state index contributed by atoms with van der Waals surface area (Å²) in [4.78, 5) is 4.73. The number of aromatic nitrogens is 1. The minimum absolute atomic E-state index is 0.748. The summed E-state index contributed by atoms with van der Waals surface area (Å²) in [6, 6.07) is 20.5. The van der Waals surface area contributed by atoms with E-state index in [1.54, 1.807) is 11.3 Å². The van der Waals surface area contributed by atoms with Crippen LogP contribution in [0.4, 0.5) is 0 Å². The third-order valence-corrected chi connectivity index (χ3v) is 4.64. The molecule has 3 aromatic carbocycles. The van der Waals surface area contributed by atoms with E-state index in [0.717, 1.165) is 26.5 Å². The van der Waals surface area contributed by atoms with Crippen LogP contribution in [0.25, 0.3) is 31.6 Å². The summed E-state index contributed by atoms with van der Waals surface area (Å²) in [5, 5.41) is 4.10. The smallest absolute Gasteiger partial charge is 0.125 e. The highest BCUT2D eigenvalue weighted by Crippen LogP contribution is 2.36. The molecule has 1 nitrogen and oxygen atoms in total. The molecule has 0 radical (unpaired) electrons. The summed E-state index contributed by atoms with van der Waals surface area (Å²) in [5.74, 6) is 0. The number of rotatable bonds is 1. The van der Waals surface area contributed by atoms with Gasteiger partial charge in [-0.15, -0.1) is 11.3 Å². The second-order valence-corrected chi connectivity index (χ2v) is 6.13. The Hall–Kier alpha value is -1.90. The largest absolute Gasteiger partial charge is 0.236 e.